The topological polar surface area (TPSA) is 49.2 Å². The highest BCUT2D eigenvalue weighted by Gasteiger charge is 2.37. The first-order valence-electron chi connectivity index (χ1n) is 11.1. The number of pyridine rings is 1. The lowest BCUT2D eigenvalue weighted by Gasteiger charge is -2.33. The molecule has 0 amide bonds. The van der Waals surface area contributed by atoms with Crippen molar-refractivity contribution in [2.45, 2.75) is 25.9 Å². The van der Waals surface area contributed by atoms with E-state index < -0.39 is 17.5 Å². The first-order chi connectivity index (χ1) is 16.3. The van der Waals surface area contributed by atoms with Crippen molar-refractivity contribution >= 4 is 11.4 Å². The number of fused-ring (bicyclic) bond motifs is 1. The third kappa shape index (κ3) is 3.81. The van der Waals surface area contributed by atoms with Gasteiger partial charge >= 0.3 is 0 Å². The quantitative estimate of drug-likeness (QED) is 0.545. The van der Waals surface area contributed by atoms with Gasteiger partial charge in [0.25, 0.3) is 0 Å². The van der Waals surface area contributed by atoms with Crippen molar-refractivity contribution < 1.29 is 13.2 Å². The molecule has 1 N–H and O–H groups in total. The highest BCUT2D eigenvalue weighted by Crippen LogP contribution is 2.42. The molecule has 2 aromatic heterocycles. The van der Waals surface area contributed by atoms with Crippen LogP contribution in [0.1, 0.15) is 24.2 Å². The van der Waals surface area contributed by atoms with Gasteiger partial charge in [-0.15, -0.1) is 0 Å². The molecule has 1 saturated heterocycles. The van der Waals surface area contributed by atoms with Crippen molar-refractivity contribution in [3.63, 3.8) is 0 Å². The van der Waals surface area contributed by atoms with Crippen molar-refractivity contribution in [2.24, 2.45) is 5.92 Å². The number of anilines is 2. The maximum absolute atomic E-state index is 13.6. The molecule has 0 radical (unpaired) electrons. The van der Waals surface area contributed by atoms with Crippen LogP contribution in [0.4, 0.5) is 24.5 Å². The van der Waals surface area contributed by atoms with Gasteiger partial charge in [0.15, 0.2) is 17.5 Å². The highest BCUT2D eigenvalue weighted by molar-refractivity contribution is 5.58. The van der Waals surface area contributed by atoms with E-state index in [4.69, 9.17) is 0 Å². The summed E-state index contributed by atoms with van der Waals surface area (Å²) in [5.41, 5.74) is 4.13. The van der Waals surface area contributed by atoms with E-state index in [1.54, 1.807) is 0 Å². The van der Waals surface area contributed by atoms with Crippen molar-refractivity contribution in [3.8, 4) is 0 Å². The van der Waals surface area contributed by atoms with Gasteiger partial charge in [-0.2, -0.15) is 5.10 Å². The second kappa shape index (κ2) is 8.55. The average Bonchev–Trinajstić information content (AvgIpc) is 3.38. The number of rotatable bonds is 5. The molecule has 1 aromatic carbocycles. The Morgan fingerprint density at radius 2 is 1.91 bits per heavy atom. The van der Waals surface area contributed by atoms with E-state index in [1.165, 1.54) is 0 Å². The molecule has 0 bridgehead atoms. The minimum absolute atomic E-state index is 0.0978. The molecule has 0 aliphatic carbocycles. The van der Waals surface area contributed by atoms with E-state index >= 15 is 0 Å². The van der Waals surface area contributed by atoms with Gasteiger partial charge in [-0.25, -0.2) is 13.2 Å². The summed E-state index contributed by atoms with van der Waals surface area (Å²) in [5.74, 6) is -3.08. The fraction of sp³-hybridized carbons (Fsp3) is 0.280. The maximum atomic E-state index is 13.6. The monoisotopic (exact) mass is 466 g/mol. The number of nitrogens with zero attached hydrogens (tertiary/aromatic N) is 5. The molecule has 3 aromatic rings. The van der Waals surface area contributed by atoms with Gasteiger partial charge in [-0.3, -0.25) is 9.67 Å². The Bertz CT molecular complexity index is 1230. The summed E-state index contributed by atoms with van der Waals surface area (Å²) in [6.45, 7) is 13.0. The molecule has 6 nitrogen and oxygen atoms in total. The number of halogens is 3. The van der Waals surface area contributed by atoms with Crippen LogP contribution in [0, 0.1) is 23.4 Å². The zero-order valence-electron chi connectivity index (χ0n) is 18.8. The first-order valence-corrected chi connectivity index (χ1v) is 11.1. The molecule has 34 heavy (non-hydrogen) atoms. The number of benzene rings is 1. The summed E-state index contributed by atoms with van der Waals surface area (Å²) in [7, 11) is 0. The van der Waals surface area contributed by atoms with Gasteiger partial charge in [-0.05, 0) is 12.1 Å². The van der Waals surface area contributed by atoms with Crippen LogP contribution < -0.4 is 10.2 Å². The second-order valence-electron chi connectivity index (χ2n) is 8.70. The lowest BCUT2D eigenvalue weighted by Crippen LogP contribution is -2.36. The third-order valence-electron chi connectivity index (χ3n) is 6.72. The van der Waals surface area contributed by atoms with Gasteiger partial charge in [0, 0.05) is 60.3 Å². The molecule has 2 aliphatic rings. The highest BCUT2D eigenvalue weighted by atomic mass is 19.2. The van der Waals surface area contributed by atoms with Gasteiger partial charge in [-0.1, -0.05) is 26.1 Å². The predicted octanol–water partition coefficient (Wildman–Crippen LogP) is 4.85. The summed E-state index contributed by atoms with van der Waals surface area (Å²) in [4.78, 5) is 8.72. The number of allylic oxidation sites excluding steroid dienone is 1. The summed E-state index contributed by atoms with van der Waals surface area (Å²) in [6, 6.07) is 7.78. The Morgan fingerprint density at radius 1 is 1.15 bits per heavy atom. The average molecular weight is 467 g/mol. The molecule has 0 spiro atoms. The third-order valence-corrected chi connectivity index (χ3v) is 6.72. The number of nitrogens with one attached hydrogen (secondary N) is 1. The fourth-order valence-electron chi connectivity index (χ4n) is 4.71. The Hall–Kier alpha value is -3.75. The van der Waals surface area contributed by atoms with Crippen LogP contribution in [0.15, 0.2) is 67.4 Å². The zero-order chi connectivity index (χ0) is 24.0. The fourth-order valence-corrected chi connectivity index (χ4v) is 4.71. The minimum atomic E-state index is -1.49. The Morgan fingerprint density at radius 3 is 2.62 bits per heavy atom. The lowest BCUT2D eigenvalue weighted by atomic mass is 9.93. The minimum Gasteiger partial charge on any atom is -0.351 e. The largest absolute Gasteiger partial charge is 0.351 e. The Labute approximate surface area is 196 Å². The van der Waals surface area contributed by atoms with Gasteiger partial charge in [0.05, 0.1) is 36.5 Å². The van der Waals surface area contributed by atoms with E-state index in [0.717, 1.165) is 41.4 Å². The van der Waals surface area contributed by atoms with Crippen LogP contribution in [0.2, 0.25) is 0 Å². The van der Waals surface area contributed by atoms with E-state index in [0.29, 0.717) is 25.5 Å². The van der Waals surface area contributed by atoms with Crippen LogP contribution >= 0.6 is 0 Å². The zero-order valence-corrected chi connectivity index (χ0v) is 18.8. The first kappa shape index (κ1) is 22.1. The molecule has 176 valence electrons. The van der Waals surface area contributed by atoms with E-state index in [1.807, 2.05) is 40.2 Å². The normalized spacial score (nSPS) is 19.9. The molecular formula is C25H25F3N6. The van der Waals surface area contributed by atoms with Crippen LogP contribution in [0.5, 0.6) is 0 Å². The van der Waals surface area contributed by atoms with Crippen molar-refractivity contribution in [1.29, 1.82) is 0 Å². The van der Waals surface area contributed by atoms with Crippen molar-refractivity contribution in [3.05, 3.63) is 96.2 Å². The van der Waals surface area contributed by atoms with Crippen molar-refractivity contribution in [1.82, 2.24) is 19.7 Å². The van der Waals surface area contributed by atoms with E-state index in [-0.39, 0.29) is 17.5 Å². The van der Waals surface area contributed by atoms with E-state index in [9.17, 15) is 13.2 Å². The lowest BCUT2D eigenvalue weighted by molar-refractivity contribution is 0.271. The smallest absolute Gasteiger partial charge is 0.194 e. The van der Waals surface area contributed by atoms with E-state index in [2.05, 4.69) is 40.4 Å². The molecule has 5 rings (SSSR count). The van der Waals surface area contributed by atoms with Crippen LogP contribution in [-0.2, 0) is 13.1 Å². The summed E-state index contributed by atoms with van der Waals surface area (Å²) in [5, 5.41) is 7.46. The van der Waals surface area contributed by atoms with Gasteiger partial charge in [0.2, 0.25) is 0 Å². The molecule has 0 saturated carbocycles. The summed E-state index contributed by atoms with van der Waals surface area (Å²) < 4.78 is 42.5. The molecule has 2 aliphatic heterocycles. The molecular weight excluding hydrogens is 441 g/mol. The summed E-state index contributed by atoms with van der Waals surface area (Å²) in [6.07, 6.45) is 3.67. The van der Waals surface area contributed by atoms with Crippen LogP contribution in [0.25, 0.3) is 0 Å². The molecule has 1 fully saturated rings. The Kier molecular flexibility index (Phi) is 5.55. The molecule has 2 unspecified atom stereocenters. The molecule has 9 heteroatoms. The molecule has 2 atom stereocenters. The number of hydrogen-bond acceptors (Lipinski definition) is 5. The predicted molar refractivity (Wildman–Crippen MR) is 124 cm³/mol. The summed E-state index contributed by atoms with van der Waals surface area (Å²) >= 11 is 0. The maximum Gasteiger partial charge on any atom is 0.194 e. The Balaban J connectivity index is 1.35. The SMILES string of the molecule is C=C(Nc1cc(F)c(F)c(F)c1)N1CCn2ncc(N3CC(c4ccccn4)C(C)C3=C)c2C1. The van der Waals surface area contributed by atoms with Gasteiger partial charge < -0.3 is 15.1 Å². The van der Waals surface area contributed by atoms with Crippen molar-refractivity contribution in [2.75, 3.05) is 23.3 Å². The number of aromatic nitrogens is 3. The second-order valence-corrected chi connectivity index (χ2v) is 8.70. The molecule has 4 heterocycles. The van der Waals surface area contributed by atoms with Crippen LogP contribution in [-0.4, -0.2) is 32.8 Å². The standard InChI is InChI=1S/C25H25F3N6/c1-15-16(2)33(13-19(15)22-6-4-5-7-29-22)23-12-30-34-9-8-32(14-24(23)34)17(3)31-18-10-20(26)25(28)21(27)11-18/h4-7,10-12,15,19,31H,2-3,8-9,13-14H2,1H3. The number of hydrogen-bond donors (Lipinski definition) is 1. The van der Waals surface area contributed by atoms with Gasteiger partial charge in [0.1, 0.15) is 0 Å². The van der Waals surface area contributed by atoms with Crippen LogP contribution in [0.3, 0.4) is 0 Å².